The highest BCUT2D eigenvalue weighted by atomic mass is 15.2. The van der Waals surface area contributed by atoms with Gasteiger partial charge in [0.25, 0.3) is 0 Å². The van der Waals surface area contributed by atoms with Gasteiger partial charge in [-0.15, -0.1) is 0 Å². The van der Waals surface area contributed by atoms with E-state index in [1.54, 1.807) is 0 Å². The Balaban J connectivity index is 1.50. The Bertz CT molecular complexity index is 2300. The van der Waals surface area contributed by atoms with E-state index in [9.17, 15) is 0 Å². The first-order valence-corrected chi connectivity index (χ1v) is 16.6. The molecule has 0 amide bonds. The van der Waals surface area contributed by atoms with Crippen molar-refractivity contribution in [3.05, 3.63) is 161 Å². The smallest absolute Gasteiger partial charge is 0.248 e. The summed E-state index contributed by atoms with van der Waals surface area (Å²) in [6.45, 7) is 7.20. The molecule has 1 aliphatic carbocycles. The first-order valence-electron chi connectivity index (χ1n) is 16.6. The summed E-state index contributed by atoms with van der Waals surface area (Å²) in [6.07, 6.45) is 11.5. The van der Waals surface area contributed by atoms with Crippen LogP contribution in [0.1, 0.15) is 55.9 Å². The molecular weight excluding hydrogens is 553 g/mol. The average molecular weight is 590 g/mol. The van der Waals surface area contributed by atoms with Crippen molar-refractivity contribution < 1.29 is 0 Å². The van der Waals surface area contributed by atoms with E-state index in [0.717, 1.165) is 12.8 Å². The van der Waals surface area contributed by atoms with Crippen molar-refractivity contribution in [2.75, 3.05) is 4.90 Å². The predicted molar refractivity (Wildman–Crippen MR) is 200 cm³/mol. The van der Waals surface area contributed by atoms with E-state index in [1.807, 2.05) is 0 Å². The summed E-state index contributed by atoms with van der Waals surface area (Å²) >= 11 is 0. The van der Waals surface area contributed by atoms with Gasteiger partial charge in [-0.1, -0.05) is 154 Å². The number of allylic oxidation sites excluding steroid dienone is 4. The van der Waals surface area contributed by atoms with Crippen LogP contribution in [0.25, 0.3) is 33.2 Å². The lowest BCUT2D eigenvalue weighted by atomic mass is 9.33. The SMILES string of the molecule is CC(C)(C)c1ccc2c3c1N(C1=CC=CCC1)c1c(ccc4ccccc14)B3c1ccc3ccccc3c1C(c1ccccc1)=C2. The summed E-state index contributed by atoms with van der Waals surface area (Å²) in [5.41, 5.74) is 14.8. The molecule has 9 rings (SSSR count). The summed E-state index contributed by atoms with van der Waals surface area (Å²) in [5.74, 6) is 0. The predicted octanol–water partition coefficient (Wildman–Crippen LogP) is 9.39. The van der Waals surface area contributed by atoms with Crippen molar-refractivity contribution in [3.63, 3.8) is 0 Å². The molecule has 0 saturated heterocycles. The fourth-order valence-corrected chi connectivity index (χ4v) is 8.21. The van der Waals surface area contributed by atoms with Crippen LogP contribution in [0.15, 0.2) is 139 Å². The Morgan fingerprint density at radius 3 is 2.09 bits per heavy atom. The highest BCUT2D eigenvalue weighted by molar-refractivity contribution is 6.99. The number of anilines is 2. The molecule has 6 aromatic rings. The van der Waals surface area contributed by atoms with E-state index in [1.165, 1.54) is 82.8 Å². The fourth-order valence-electron chi connectivity index (χ4n) is 8.21. The summed E-state index contributed by atoms with van der Waals surface area (Å²) in [5, 5.41) is 5.19. The zero-order chi connectivity index (χ0) is 31.0. The molecule has 6 aromatic carbocycles. The van der Waals surface area contributed by atoms with Gasteiger partial charge in [0.1, 0.15) is 0 Å². The second kappa shape index (κ2) is 10.2. The number of hydrogen-bond donors (Lipinski definition) is 0. The van der Waals surface area contributed by atoms with Crippen LogP contribution in [0.4, 0.5) is 11.4 Å². The van der Waals surface area contributed by atoms with Crippen LogP contribution < -0.4 is 21.3 Å². The largest absolute Gasteiger partial charge is 0.314 e. The molecule has 0 atom stereocenters. The van der Waals surface area contributed by atoms with Crippen molar-refractivity contribution in [1.82, 2.24) is 0 Å². The first-order chi connectivity index (χ1) is 22.5. The Hall–Kier alpha value is -5.08. The maximum absolute atomic E-state index is 2.67. The molecule has 2 aliphatic heterocycles. The van der Waals surface area contributed by atoms with Gasteiger partial charge < -0.3 is 4.90 Å². The Kier molecular flexibility index (Phi) is 6.06. The van der Waals surface area contributed by atoms with E-state index < -0.39 is 0 Å². The van der Waals surface area contributed by atoms with Crippen molar-refractivity contribution in [1.29, 1.82) is 0 Å². The van der Waals surface area contributed by atoms with Gasteiger partial charge in [0.2, 0.25) is 6.71 Å². The van der Waals surface area contributed by atoms with Gasteiger partial charge in [-0.05, 0) is 85.3 Å². The minimum absolute atomic E-state index is 0.0508. The third-order valence-electron chi connectivity index (χ3n) is 10.2. The van der Waals surface area contributed by atoms with Crippen LogP contribution in [0.5, 0.6) is 0 Å². The monoisotopic (exact) mass is 589 g/mol. The quantitative estimate of drug-likeness (QED) is 0.182. The van der Waals surface area contributed by atoms with Crippen molar-refractivity contribution in [2.24, 2.45) is 0 Å². The molecule has 2 heterocycles. The molecular formula is C44H36BN. The third kappa shape index (κ3) is 4.03. The number of fused-ring (bicyclic) bond motifs is 8. The molecule has 0 radical (unpaired) electrons. The standard InChI is InChI=1S/C44H36BN/c1-44(2,3)37-25-22-32-28-36(29-14-6-4-7-15-29)40-34-20-12-10-16-30(34)23-26-38(40)45-39-27-24-31-17-11-13-21-35(31)42(39)46(43(37)41(32)45)33-18-8-5-9-19-33/h4-8,10-18,20-28H,9,19H2,1-3H3. The lowest BCUT2D eigenvalue weighted by molar-refractivity contribution is 0.590. The van der Waals surface area contributed by atoms with Gasteiger partial charge in [0, 0.05) is 22.5 Å². The third-order valence-corrected chi connectivity index (χ3v) is 10.2. The van der Waals surface area contributed by atoms with Gasteiger partial charge in [-0.25, -0.2) is 0 Å². The van der Waals surface area contributed by atoms with Gasteiger partial charge in [-0.2, -0.15) is 0 Å². The maximum atomic E-state index is 2.67. The Labute approximate surface area is 272 Å². The van der Waals surface area contributed by atoms with Crippen LogP contribution in [0.2, 0.25) is 0 Å². The lowest BCUT2D eigenvalue weighted by Gasteiger charge is -2.43. The number of nitrogens with zero attached hydrogens (tertiary/aromatic N) is 1. The van der Waals surface area contributed by atoms with E-state index >= 15 is 0 Å². The van der Waals surface area contributed by atoms with Crippen LogP contribution in [-0.2, 0) is 5.41 Å². The van der Waals surface area contributed by atoms with Crippen molar-refractivity contribution >= 4 is 67.7 Å². The Morgan fingerprint density at radius 1 is 0.652 bits per heavy atom. The van der Waals surface area contributed by atoms with E-state index in [2.05, 4.69) is 165 Å². The lowest BCUT2D eigenvalue weighted by Crippen LogP contribution is -2.59. The molecule has 2 heteroatoms. The zero-order valence-electron chi connectivity index (χ0n) is 26.7. The van der Waals surface area contributed by atoms with Crippen LogP contribution >= 0.6 is 0 Å². The minimum Gasteiger partial charge on any atom is -0.314 e. The summed E-state index contributed by atoms with van der Waals surface area (Å²) in [4.78, 5) is 2.67. The molecule has 0 fully saturated rings. The topological polar surface area (TPSA) is 3.24 Å². The molecule has 0 spiro atoms. The van der Waals surface area contributed by atoms with Crippen LogP contribution in [0, 0.1) is 0 Å². The highest BCUT2D eigenvalue weighted by Crippen LogP contribution is 2.46. The minimum atomic E-state index is -0.0508. The van der Waals surface area contributed by atoms with E-state index in [4.69, 9.17) is 0 Å². The van der Waals surface area contributed by atoms with Crippen LogP contribution in [-0.4, -0.2) is 6.71 Å². The molecule has 0 N–H and O–H groups in total. The molecule has 0 aromatic heterocycles. The number of hydrogen-bond acceptors (Lipinski definition) is 1. The molecule has 0 bridgehead atoms. The number of benzene rings is 6. The highest BCUT2D eigenvalue weighted by Gasteiger charge is 2.43. The van der Waals surface area contributed by atoms with Crippen molar-refractivity contribution in [3.8, 4) is 0 Å². The molecule has 1 nitrogen and oxygen atoms in total. The maximum Gasteiger partial charge on any atom is 0.248 e. The second-order valence-electron chi connectivity index (χ2n) is 14.0. The zero-order valence-corrected chi connectivity index (χ0v) is 26.7. The van der Waals surface area contributed by atoms with E-state index in [-0.39, 0.29) is 12.1 Å². The van der Waals surface area contributed by atoms with Crippen LogP contribution in [0.3, 0.4) is 0 Å². The summed E-state index contributed by atoms with van der Waals surface area (Å²) < 4.78 is 0. The molecule has 220 valence electrons. The molecule has 0 unspecified atom stereocenters. The van der Waals surface area contributed by atoms with Crippen molar-refractivity contribution in [2.45, 2.75) is 39.0 Å². The van der Waals surface area contributed by atoms with Gasteiger partial charge in [-0.3, -0.25) is 0 Å². The van der Waals surface area contributed by atoms with Gasteiger partial charge in [0.05, 0.1) is 0 Å². The first kappa shape index (κ1) is 27.3. The fraction of sp³-hybridized carbons (Fsp3) is 0.136. The molecule has 0 saturated carbocycles. The Morgan fingerprint density at radius 2 is 1.35 bits per heavy atom. The van der Waals surface area contributed by atoms with E-state index in [0.29, 0.717) is 0 Å². The normalized spacial score (nSPS) is 15.2. The average Bonchev–Trinajstić information content (AvgIpc) is 3.24. The summed E-state index contributed by atoms with van der Waals surface area (Å²) in [6, 6.07) is 43.3. The summed E-state index contributed by atoms with van der Waals surface area (Å²) in [7, 11) is 0. The van der Waals surface area contributed by atoms with Gasteiger partial charge in [0.15, 0.2) is 0 Å². The second-order valence-corrected chi connectivity index (χ2v) is 14.0. The van der Waals surface area contributed by atoms with Gasteiger partial charge >= 0.3 is 0 Å². The number of rotatable bonds is 2. The molecule has 3 aliphatic rings. The molecule has 46 heavy (non-hydrogen) atoms.